The highest BCUT2D eigenvalue weighted by atomic mass is 28.4. The molecule has 43 heavy (non-hydrogen) atoms. The van der Waals surface area contributed by atoms with E-state index in [0.717, 1.165) is 0 Å². The van der Waals surface area contributed by atoms with Crippen molar-refractivity contribution < 1.29 is 42.4 Å². The van der Waals surface area contributed by atoms with Gasteiger partial charge >= 0.3 is 0 Å². The Morgan fingerprint density at radius 1 is 0.767 bits per heavy atom. The van der Waals surface area contributed by atoms with E-state index in [4.69, 9.17) is 37.3 Å². The lowest BCUT2D eigenvalue weighted by Gasteiger charge is -2.42. The summed E-state index contributed by atoms with van der Waals surface area (Å²) in [7, 11) is -4.27. The van der Waals surface area contributed by atoms with Crippen molar-refractivity contribution in [2.75, 3.05) is 13.2 Å². The van der Waals surface area contributed by atoms with Crippen LogP contribution in [0.2, 0.25) is 36.3 Å². The van der Waals surface area contributed by atoms with Crippen LogP contribution in [0.5, 0.6) is 0 Å². The van der Waals surface area contributed by atoms with Crippen molar-refractivity contribution in [3.8, 4) is 0 Å². The molecule has 3 saturated heterocycles. The van der Waals surface area contributed by atoms with Crippen LogP contribution < -0.4 is 0 Å². The van der Waals surface area contributed by atoms with E-state index < -0.39 is 70.6 Å². The Kier molecular flexibility index (Phi) is 10.8. The summed E-state index contributed by atoms with van der Waals surface area (Å²) >= 11 is 0. The lowest BCUT2D eigenvalue weighted by atomic mass is 10.0. The number of aliphatic hydroxyl groups is 1. The van der Waals surface area contributed by atoms with E-state index in [9.17, 15) is 5.11 Å². The maximum Gasteiger partial charge on any atom is 0.192 e. The highest BCUT2D eigenvalue weighted by molar-refractivity contribution is 6.74. The van der Waals surface area contributed by atoms with Crippen molar-refractivity contribution in [3.05, 3.63) is 12.2 Å². The van der Waals surface area contributed by atoms with E-state index in [0.29, 0.717) is 13.2 Å². The van der Waals surface area contributed by atoms with Gasteiger partial charge in [0.15, 0.2) is 34.0 Å². The summed E-state index contributed by atoms with van der Waals surface area (Å²) in [6.45, 7) is 34.2. The SMILES string of the molecule is CC1(C)O[C@@H]([C@@H](O)/C=C\[C@H]2OC(C)(C)O[C@H]2[C@H](O[Si](C)(C)C(C)(C)C)[C@H]2COC(C)(C)O2)[C@H](CO[Si](C)(C)C(C)(C)C)O1. The topological polar surface area (TPSA) is 94.1 Å². The van der Waals surface area contributed by atoms with Gasteiger partial charge in [-0.05, 0) is 77.8 Å². The standard InChI is InChI=1S/C32H62O9Si2/c1-28(2,3)42(13,14)35-20-24-25(39-32(11,12)38-24)21(33)17-18-22-26(40-31(9,10)36-22)27(23-19-34-30(7,8)37-23)41-43(15,16)29(4,5)6/h17-18,21-27,33H,19-20H2,1-16H3/b18-17-/t21-,22+,23+,24-,25-,26+,27+/m0/s1. The summed E-state index contributed by atoms with van der Waals surface area (Å²) in [5.41, 5.74) is 0. The third-order valence-corrected chi connectivity index (χ3v) is 18.6. The third-order valence-electron chi connectivity index (χ3n) is 9.59. The summed E-state index contributed by atoms with van der Waals surface area (Å²) in [6.07, 6.45) is -0.122. The van der Waals surface area contributed by atoms with Gasteiger partial charge in [-0.25, -0.2) is 0 Å². The first kappa shape index (κ1) is 37.3. The summed E-state index contributed by atoms with van der Waals surface area (Å²) in [5, 5.41) is 11.5. The molecule has 0 aliphatic carbocycles. The van der Waals surface area contributed by atoms with Crippen LogP contribution in [-0.4, -0.2) is 95.0 Å². The van der Waals surface area contributed by atoms with Crippen molar-refractivity contribution in [2.45, 2.75) is 179 Å². The first-order valence-corrected chi connectivity index (χ1v) is 21.7. The minimum Gasteiger partial charge on any atom is -0.414 e. The van der Waals surface area contributed by atoms with Gasteiger partial charge < -0.3 is 42.4 Å². The normalized spacial score (nSPS) is 32.9. The summed E-state index contributed by atoms with van der Waals surface area (Å²) in [5.74, 6) is -2.42. The largest absolute Gasteiger partial charge is 0.414 e. The zero-order valence-corrected chi connectivity index (χ0v) is 31.8. The van der Waals surface area contributed by atoms with E-state index in [1.807, 2.05) is 47.6 Å². The number of hydrogen-bond acceptors (Lipinski definition) is 9. The molecule has 3 heterocycles. The third kappa shape index (κ3) is 9.21. The molecule has 11 heteroatoms. The van der Waals surface area contributed by atoms with E-state index in [1.54, 1.807) is 6.08 Å². The Bertz CT molecular complexity index is 980. The lowest BCUT2D eigenvalue weighted by Crippen LogP contribution is -2.54. The molecule has 3 fully saturated rings. The molecule has 0 bridgehead atoms. The Hall–Kier alpha value is -0.186. The predicted molar refractivity (Wildman–Crippen MR) is 173 cm³/mol. The van der Waals surface area contributed by atoms with Crippen LogP contribution in [0.25, 0.3) is 0 Å². The second kappa shape index (κ2) is 12.4. The molecule has 0 amide bonds. The fraction of sp³-hybridized carbons (Fsp3) is 0.938. The van der Waals surface area contributed by atoms with Crippen LogP contribution in [0.4, 0.5) is 0 Å². The van der Waals surface area contributed by atoms with Gasteiger partial charge in [-0.1, -0.05) is 53.7 Å². The van der Waals surface area contributed by atoms with E-state index in [1.165, 1.54) is 0 Å². The first-order valence-electron chi connectivity index (χ1n) is 15.9. The molecular weight excluding hydrogens is 585 g/mol. The van der Waals surface area contributed by atoms with Gasteiger partial charge in [-0.15, -0.1) is 0 Å². The average Bonchev–Trinajstić information content (AvgIpc) is 3.43. The molecule has 3 rings (SSSR count). The molecule has 252 valence electrons. The maximum absolute atomic E-state index is 11.4. The summed E-state index contributed by atoms with van der Waals surface area (Å²) in [6, 6.07) is 0. The van der Waals surface area contributed by atoms with Gasteiger partial charge in [0.2, 0.25) is 0 Å². The molecule has 1 N–H and O–H groups in total. The van der Waals surface area contributed by atoms with Gasteiger partial charge in [0, 0.05) is 0 Å². The minimum atomic E-state index is -2.25. The molecule has 0 unspecified atom stereocenters. The average molecular weight is 647 g/mol. The summed E-state index contributed by atoms with van der Waals surface area (Å²) < 4.78 is 51.1. The Morgan fingerprint density at radius 2 is 1.30 bits per heavy atom. The molecule has 3 aliphatic heterocycles. The van der Waals surface area contributed by atoms with Crippen LogP contribution in [0.1, 0.15) is 83.1 Å². The molecule has 0 saturated carbocycles. The smallest absolute Gasteiger partial charge is 0.192 e. The van der Waals surface area contributed by atoms with E-state index in [-0.39, 0.29) is 16.2 Å². The van der Waals surface area contributed by atoms with Crippen molar-refractivity contribution in [2.24, 2.45) is 0 Å². The second-order valence-corrected chi connectivity index (χ2v) is 26.4. The van der Waals surface area contributed by atoms with Gasteiger partial charge in [0.25, 0.3) is 0 Å². The van der Waals surface area contributed by atoms with Gasteiger partial charge in [0.05, 0.1) is 13.2 Å². The Labute approximate surface area is 263 Å². The predicted octanol–water partition coefficient (Wildman–Crippen LogP) is 6.51. The summed E-state index contributed by atoms with van der Waals surface area (Å²) in [4.78, 5) is 0. The molecule has 0 spiro atoms. The Balaban J connectivity index is 1.85. The molecule has 7 atom stereocenters. The van der Waals surface area contributed by atoms with Crippen LogP contribution in [0.3, 0.4) is 0 Å². The fourth-order valence-corrected chi connectivity index (χ4v) is 7.42. The molecule has 0 aromatic carbocycles. The zero-order chi connectivity index (χ0) is 33.0. The van der Waals surface area contributed by atoms with Crippen LogP contribution in [0.15, 0.2) is 12.2 Å². The molecule has 9 nitrogen and oxygen atoms in total. The maximum atomic E-state index is 11.4. The number of rotatable bonds is 10. The van der Waals surface area contributed by atoms with Crippen molar-refractivity contribution in [3.63, 3.8) is 0 Å². The van der Waals surface area contributed by atoms with Crippen molar-refractivity contribution in [1.29, 1.82) is 0 Å². The molecular formula is C32H62O9Si2. The lowest BCUT2D eigenvalue weighted by molar-refractivity contribution is -0.176. The van der Waals surface area contributed by atoms with E-state index in [2.05, 4.69) is 67.7 Å². The monoisotopic (exact) mass is 646 g/mol. The fourth-order valence-electron chi connectivity index (χ4n) is 5.09. The number of hydrogen-bond donors (Lipinski definition) is 1. The van der Waals surface area contributed by atoms with Gasteiger partial charge in [-0.2, -0.15) is 0 Å². The number of aliphatic hydroxyl groups excluding tert-OH is 1. The van der Waals surface area contributed by atoms with Gasteiger partial charge in [0.1, 0.15) is 42.7 Å². The molecule has 3 aliphatic rings. The number of ether oxygens (including phenoxy) is 6. The second-order valence-electron chi connectivity index (χ2n) is 16.9. The highest BCUT2D eigenvalue weighted by Crippen LogP contribution is 2.43. The van der Waals surface area contributed by atoms with E-state index >= 15 is 0 Å². The van der Waals surface area contributed by atoms with Crippen LogP contribution >= 0.6 is 0 Å². The van der Waals surface area contributed by atoms with Crippen LogP contribution in [0, 0.1) is 0 Å². The quantitative estimate of drug-likeness (QED) is 0.211. The zero-order valence-electron chi connectivity index (χ0n) is 29.8. The first-order chi connectivity index (χ1) is 19.2. The molecule has 0 aromatic heterocycles. The minimum absolute atomic E-state index is 0.0230. The van der Waals surface area contributed by atoms with Crippen molar-refractivity contribution >= 4 is 16.6 Å². The van der Waals surface area contributed by atoms with Crippen molar-refractivity contribution in [1.82, 2.24) is 0 Å². The molecule has 0 radical (unpaired) electrons. The van der Waals surface area contributed by atoms with Gasteiger partial charge in [-0.3, -0.25) is 0 Å². The van der Waals surface area contributed by atoms with Crippen LogP contribution in [-0.2, 0) is 37.3 Å². The molecule has 0 aromatic rings. The Morgan fingerprint density at radius 3 is 1.81 bits per heavy atom. The highest BCUT2D eigenvalue weighted by Gasteiger charge is 2.53.